The van der Waals surface area contributed by atoms with E-state index in [2.05, 4.69) is 30.6 Å². The third-order valence-electron chi connectivity index (χ3n) is 9.16. The molecule has 352 valence electrons. The molecule has 2 heterocycles. The quantitative estimate of drug-likeness (QED) is 0.109. The summed E-state index contributed by atoms with van der Waals surface area (Å²) in [6, 6.07) is 14.6. The zero-order chi connectivity index (χ0) is 48.7. The highest BCUT2D eigenvalue weighted by Gasteiger charge is 2.39. The van der Waals surface area contributed by atoms with Gasteiger partial charge in [-0.05, 0) is 129 Å². The third kappa shape index (κ3) is 21.7. The summed E-state index contributed by atoms with van der Waals surface area (Å²) >= 11 is 9.53. The molecule has 2 fully saturated rings. The molecule has 17 heteroatoms. The Morgan fingerprint density at radius 1 is 0.750 bits per heavy atom. The molecule has 0 spiro atoms. The van der Waals surface area contributed by atoms with E-state index in [1.165, 1.54) is 6.07 Å². The average molecular weight is 930 g/mol. The van der Waals surface area contributed by atoms with E-state index < -0.39 is 34.3 Å². The van der Waals surface area contributed by atoms with Crippen molar-refractivity contribution in [3.63, 3.8) is 0 Å². The first-order valence-corrected chi connectivity index (χ1v) is 21.9. The van der Waals surface area contributed by atoms with Gasteiger partial charge in [0.25, 0.3) is 5.91 Å². The second-order valence-electron chi connectivity index (χ2n) is 17.2. The van der Waals surface area contributed by atoms with Crippen molar-refractivity contribution < 1.29 is 43.2 Å². The smallest absolute Gasteiger partial charge is 0.410 e. The fraction of sp³-hybridized carbons (Fsp3) is 0.532. The Morgan fingerprint density at radius 3 is 1.50 bits per heavy atom. The van der Waals surface area contributed by atoms with E-state index in [1.54, 1.807) is 40.2 Å². The van der Waals surface area contributed by atoms with Crippen LogP contribution in [0, 0.1) is 36.5 Å². The molecule has 0 radical (unpaired) electrons. The fourth-order valence-corrected chi connectivity index (χ4v) is 5.92. The fourth-order valence-electron chi connectivity index (χ4n) is 5.92. The van der Waals surface area contributed by atoms with Crippen LogP contribution in [0.15, 0.2) is 61.7 Å². The number of nitrogens with one attached hydrogen (secondary N) is 1. The number of carbonyl (C=O) groups is 4. The number of carboxylic acid groups (broad SMARTS) is 1. The number of hydrogen-bond donors (Lipinski definition) is 3. The van der Waals surface area contributed by atoms with Gasteiger partial charge in [0.1, 0.15) is 33.8 Å². The number of likely N-dealkylation sites (tertiary alicyclic amines) is 2. The van der Waals surface area contributed by atoms with Crippen molar-refractivity contribution in [3.05, 3.63) is 84.0 Å². The van der Waals surface area contributed by atoms with Crippen molar-refractivity contribution in [1.29, 1.82) is 10.5 Å². The lowest BCUT2D eigenvalue weighted by Gasteiger charge is -2.38. The van der Waals surface area contributed by atoms with Gasteiger partial charge in [0.05, 0.1) is 36.3 Å². The standard InChI is InChI=1S/C23H31N3O4.C12H14O3.C11H19N3O2.CH2Cl2/c1-6-7-12-29-19-14-17(2)13-18(15-19)20(27)25-23(16-24)8-10-26(11-9-23)21(28)30-22(3,4)5;1-3-4-5-15-11-7-9(2)6-10(8-11)12(13)14;1-10(2,3)16-9(15)14-6-4-11(13,8-12)5-7-14;2-1-3/h6,13-15H,1,7-12H2,2-5H3,(H,25,27);3,6-8H,1,4-5H2,2H3,(H,13,14);4-7,13H2,1-3H3;1H2. The molecule has 0 bridgehead atoms. The van der Waals surface area contributed by atoms with E-state index in [-0.39, 0.29) is 22.9 Å². The van der Waals surface area contributed by atoms with E-state index in [4.69, 9.17) is 58.3 Å². The number of nitrogens with two attached hydrogens (primary N) is 1. The number of carboxylic acids is 1. The molecule has 0 aliphatic carbocycles. The minimum absolute atomic E-state index is 0.194. The van der Waals surface area contributed by atoms with Crippen LogP contribution < -0.4 is 20.5 Å². The second kappa shape index (κ2) is 27.0. The Kier molecular flexibility index (Phi) is 23.8. The van der Waals surface area contributed by atoms with Crippen molar-refractivity contribution >= 4 is 47.3 Å². The number of piperidine rings is 2. The zero-order valence-corrected chi connectivity index (χ0v) is 40.1. The molecule has 0 unspecified atom stereocenters. The van der Waals surface area contributed by atoms with Gasteiger partial charge in [-0.1, -0.05) is 12.2 Å². The number of aromatic carboxylic acids is 1. The number of aryl methyl sites for hydroxylation is 2. The molecule has 0 aromatic heterocycles. The molecule has 2 aliphatic heterocycles. The Morgan fingerprint density at radius 2 is 1.14 bits per heavy atom. The largest absolute Gasteiger partial charge is 0.493 e. The van der Waals surface area contributed by atoms with Crippen LogP contribution in [-0.4, -0.2) is 106 Å². The predicted octanol–water partition coefficient (Wildman–Crippen LogP) is 9.28. The number of halogens is 2. The maximum atomic E-state index is 12.9. The number of amides is 3. The Balaban J connectivity index is 0.000000507. The lowest BCUT2D eigenvalue weighted by Crippen LogP contribution is -2.55. The van der Waals surface area contributed by atoms with E-state index in [1.807, 2.05) is 67.5 Å². The van der Waals surface area contributed by atoms with Crippen LogP contribution in [0.4, 0.5) is 9.59 Å². The minimum Gasteiger partial charge on any atom is -0.493 e. The van der Waals surface area contributed by atoms with Gasteiger partial charge in [0, 0.05) is 44.6 Å². The molecule has 64 heavy (non-hydrogen) atoms. The molecule has 4 N–H and O–H groups in total. The molecule has 2 aliphatic rings. The van der Waals surface area contributed by atoms with Gasteiger partial charge >= 0.3 is 18.2 Å². The highest BCUT2D eigenvalue weighted by molar-refractivity contribution is 6.40. The third-order valence-corrected chi connectivity index (χ3v) is 9.16. The van der Waals surface area contributed by atoms with Gasteiger partial charge in [-0.25, -0.2) is 14.4 Å². The molecular formula is C47H66Cl2N6O9. The van der Waals surface area contributed by atoms with Crippen molar-refractivity contribution in [2.75, 3.05) is 44.7 Å². The monoisotopic (exact) mass is 928 g/mol. The lowest BCUT2D eigenvalue weighted by atomic mass is 9.88. The summed E-state index contributed by atoms with van der Waals surface area (Å²) in [7, 11) is 0. The highest BCUT2D eigenvalue weighted by Crippen LogP contribution is 2.26. The first-order chi connectivity index (χ1) is 29.9. The SMILES string of the molecule is C=CCCOc1cc(C)cc(C(=O)NC2(C#N)CCN(C(=O)OC(C)(C)C)CC2)c1.C=CCCOc1cc(C)cc(C(=O)O)c1.CC(C)(C)OC(=O)N1CCC(N)(C#N)CC1.ClCCl. The molecule has 4 rings (SSSR count). The number of rotatable bonds is 11. The second-order valence-corrected chi connectivity index (χ2v) is 18.0. The Labute approximate surface area is 389 Å². The average Bonchev–Trinajstić information content (AvgIpc) is 3.20. The van der Waals surface area contributed by atoms with Gasteiger partial charge in [-0.2, -0.15) is 10.5 Å². The number of nitrogens with zero attached hydrogens (tertiary/aromatic N) is 4. The van der Waals surface area contributed by atoms with E-state index in [0.29, 0.717) is 88.6 Å². The number of benzene rings is 2. The molecule has 2 aromatic rings. The van der Waals surface area contributed by atoms with E-state index in [9.17, 15) is 24.4 Å². The van der Waals surface area contributed by atoms with Crippen LogP contribution in [-0.2, 0) is 9.47 Å². The minimum atomic E-state index is -1.02. The number of nitriles is 2. The van der Waals surface area contributed by atoms with Crippen molar-refractivity contribution in [1.82, 2.24) is 15.1 Å². The first kappa shape index (κ1) is 56.5. The van der Waals surface area contributed by atoms with Crippen LogP contribution in [0.2, 0.25) is 0 Å². The van der Waals surface area contributed by atoms with Crippen LogP contribution >= 0.6 is 23.2 Å². The summed E-state index contributed by atoms with van der Waals surface area (Å²) < 4.78 is 21.7. The number of ether oxygens (including phenoxy) is 4. The van der Waals surface area contributed by atoms with Gasteiger partial charge < -0.3 is 44.9 Å². The van der Waals surface area contributed by atoms with Crippen LogP contribution in [0.5, 0.6) is 11.5 Å². The van der Waals surface area contributed by atoms with Gasteiger partial charge in [-0.15, -0.1) is 36.4 Å². The zero-order valence-electron chi connectivity index (χ0n) is 38.6. The summed E-state index contributed by atoms with van der Waals surface area (Å²) in [5.41, 5.74) is 5.40. The first-order valence-electron chi connectivity index (χ1n) is 20.8. The summed E-state index contributed by atoms with van der Waals surface area (Å²) in [6.07, 6.45) is 5.93. The van der Waals surface area contributed by atoms with Crippen LogP contribution in [0.3, 0.4) is 0 Å². The number of alkyl halides is 2. The number of hydrogen-bond acceptors (Lipinski definition) is 11. The topological polar surface area (TPSA) is 218 Å². The molecule has 0 saturated carbocycles. The van der Waals surface area contributed by atoms with Crippen molar-refractivity contribution in [2.24, 2.45) is 5.73 Å². The molecular weight excluding hydrogens is 863 g/mol. The molecule has 15 nitrogen and oxygen atoms in total. The number of carbonyl (C=O) groups excluding carboxylic acids is 3. The summed E-state index contributed by atoms with van der Waals surface area (Å²) in [5.74, 6) is -0.0752. The molecule has 0 atom stereocenters. The van der Waals surface area contributed by atoms with Gasteiger partial charge in [0.2, 0.25) is 0 Å². The summed E-state index contributed by atoms with van der Waals surface area (Å²) in [6.45, 7) is 24.5. The van der Waals surface area contributed by atoms with E-state index >= 15 is 0 Å². The van der Waals surface area contributed by atoms with Gasteiger partial charge in [0.15, 0.2) is 0 Å². The Bertz CT molecular complexity index is 1950. The van der Waals surface area contributed by atoms with Crippen molar-refractivity contribution in [3.8, 4) is 23.6 Å². The molecule has 2 aromatic carbocycles. The van der Waals surface area contributed by atoms with Crippen LogP contribution in [0.25, 0.3) is 0 Å². The maximum absolute atomic E-state index is 12.9. The molecule has 3 amide bonds. The van der Waals surface area contributed by atoms with Crippen molar-refractivity contribution in [2.45, 2.75) is 116 Å². The van der Waals surface area contributed by atoms with Crippen LogP contribution in [0.1, 0.15) is 112 Å². The van der Waals surface area contributed by atoms with E-state index in [0.717, 1.165) is 17.5 Å². The summed E-state index contributed by atoms with van der Waals surface area (Å²) in [5, 5.41) is 30.5. The lowest BCUT2D eigenvalue weighted by molar-refractivity contribution is 0.0169. The Hall–Kier alpha value is -5.48. The summed E-state index contributed by atoms with van der Waals surface area (Å²) in [4.78, 5) is 50.8. The normalized spacial score (nSPS) is 14.9. The van der Waals surface area contributed by atoms with Gasteiger partial charge in [-0.3, -0.25) is 4.79 Å². The predicted molar refractivity (Wildman–Crippen MR) is 249 cm³/mol. The maximum Gasteiger partial charge on any atom is 0.410 e. The molecule has 2 saturated heterocycles. The highest BCUT2D eigenvalue weighted by atomic mass is 35.5.